The van der Waals surface area contributed by atoms with E-state index in [0.717, 1.165) is 21.1 Å². The summed E-state index contributed by atoms with van der Waals surface area (Å²) >= 11 is 1.30. The van der Waals surface area contributed by atoms with Crippen molar-refractivity contribution in [3.8, 4) is 0 Å². The van der Waals surface area contributed by atoms with Crippen molar-refractivity contribution in [2.75, 3.05) is 13.1 Å². The number of nitrogens with zero attached hydrogens (tertiary/aromatic N) is 2. The van der Waals surface area contributed by atoms with Gasteiger partial charge in [0.25, 0.3) is 5.91 Å². The first-order chi connectivity index (χ1) is 18.6. The lowest BCUT2D eigenvalue weighted by atomic mass is 10.00. The molecular formula is C29H29N5O4S. The first-order valence-electron chi connectivity index (χ1n) is 13.0. The number of piperidine rings is 1. The summed E-state index contributed by atoms with van der Waals surface area (Å²) in [5.41, 5.74) is 1.87. The maximum atomic E-state index is 13.5. The summed E-state index contributed by atoms with van der Waals surface area (Å²) in [6, 6.07) is 15.3. The van der Waals surface area contributed by atoms with E-state index in [2.05, 4.69) is 34.4 Å². The number of Topliss-reactive ketones (excluding diaryl/α,β-unsaturated/α-hetero) is 1. The number of aromatic nitrogens is 2. The van der Waals surface area contributed by atoms with Crippen LogP contribution < -0.4 is 10.6 Å². The Morgan fingerprint density at radius 3 is 2.64 bits per heavy atom. The molecule has 0 radical (unpaired) electrons. The number of H-pyrrole nitrogens is 1. The van der Waals surface area contributed by atoms with E-state index in [1.165, 1.54) is 11.3 Å². The maximum absolute atomic E-state index is 13.5. The molecule has 1 saturated heterocycles. The number of benzene rings is 2. The molecule has 0 bridgehead atoms. The summed E-state index contributed by atoms with van der Waals surface area (Å²) in [5, 5.41) is 6.77. The SMILES string of the molecule is C[C@H](NC(=O)[C@@H]1[C@@H]2[C@H](CN1C(=O)CNC(=O)c1cc3ccccc3[nH]1)C2(C)C)C(=O)c1nc2ccccc2s1. The van der Waals surface area contributed by atoms with Gasteiger partial charge in [0.05, 0.1) is 22.8 Å². The van der Waals surface area contributed by atoms with Gasteiger partial charge in [0.15, 0.2) is 5.01 Å². The molecule has 2 aromatic carbocycles. The van der Waals surface area contributed by atoms with Crippen LogP contribution in [0.5, 0.6) is 0 Å². The number of likely N-dealkylation sites (tertiary alicyclic amines) is 1. The standard InChI is InChI=1S/C29H29N5O4S/c1-15(25(36)28-33-19-10-6-7-11-21(19)39-28)31-27(38)24-23-17(29(23,2)3)14-34(24)22(35)13-30-26(37)20-12-16-8-4-5-9-18(16)32-20/h4-12,15,17,23-24,32H,13-14H2,1-3H3,(H,30,37)(H,31,38)/t15-,17-,23-,24-/m0/s1. The third kappa shape index (κ3) is 4.38. The molecule has 10 heteroatoms. The quantitative estimate of drug-likeness (QED) is 0.308. The first-order valence-corrected chi connectivity index (χ1v) is 13.8. The average Bonchev–Trinajstić information content (AvgIpc) is 3.45. The van der Waals surface area contributed by atoms with Crippen molar-refractivity contribution < 1.29 is 19.2 Å². The molecule has 1 aliphatic carbocycles. The lowest BCUT2D eigenvalue weighted by molar-refractivity contribution is -0.139. The highest BCUT2D eigenvalue weighted by molar-refractivity contribution is 7.20. The Hall–Kier alpha value is -4.05. The number of ketones is 1. The van der Waals surface area contributed by atoms with E-state index in [0.29, 0.717) is 17.2 Å². The van der Waals surface area contributed by atoms with Gasteiger partial charge in [-0.05, 0) is 48.4 Å². The molecule has 6 rings (SSSR count). The zero-order valence-electron chi connectivity index (χ0n) is 21.9. The summed E-state index contributed by atoms with van der Waals surface area (Å²) in [5.74, 6) is -1.15. The zero-order valence-corrected chi connectivity index (χ0v) is 22.7. The zero-order chi connectivity index (χ0) is 27.5. The molecule has 200 valence electrons. The van der Waals surface area contributed by atoms with Crippen molar-refractivity contribution in [3.63, 3.8) is 0 Å². The van der Waals surface area contributed by atoms with E-state index >= 15 is 0 Å². The number of amides is 3. The van der Waals surface area contributed by atoms with Crippen LogP contribution in [0.4, 0.5) is 0 Å². The second-order valence-corrected chi connectivity index (χ2v) is 12.0. The summed E-state index contributed by atoms with van der Waals surface area (Å²) in [6.07, 6.45) is 0. The van der Waals surface area contributed by atoms with Gasteiger partial charge in [-0.15, -0.1) is 11.3 Å². The van der Waals surface area contributed by atoms with Crippen molar-refractivity contribution in [1.82, 2.24) is 25.5 Å². The molecule has 4 atom stereocenters. The second-order valence-electron chi connectivity index (χ2n) is 11.0. The number of carbonyl (C=O) groups is 4. The number of thiazole rings is 1. The smallest absolute Gasteiger partial charge is 0.268 e. The van der Waals surface area contributed by atoms with Crippen LogP contribution in [-0.4, -0.2) is 63.5 Å². The molecule has 1 saturated carbocycles. The summed E-state index contributed by atoms with van der Waals surface area (Å²) < 4.78 is 0.906. The van der Waals surface area contributed by atoms with Crippen LogP contribution in [0.25, 0.3) is 21.1 Å². The van der Waals surface area contributed by atoms with Crippen LogP contribution in [0.1, 0.15) is 41.1 Å². The predicted molar refractivity (Wildman–Crippen MR) is 148 cm³/mol. The van der Waals surface area contributed by atoms with Crippen molar-refractivity contribution in [2.45, 2.75) is 32.9 Å². The maximum Gasteiger partial charge on any atom is 0.268 e. The van der Waals surface area contributed by atoms with Crippen LogP contribution in [0.2, 0.25) is 0 Å². The summed E-state index contributed by atoms with van der Waals surface area (Å²) in [4.78, 5) is 61.5. The third-order valence-corrected chi connectivity index (χ3v) is 9.28. The van der Waals surface area contributed by atoms with Crippen LogP contribution in [0.3, 0.4) is 0 Å². The highest BCUT2D eigenvalue weighted by atomic mass is 32.1. The molecule has 1 aliphatic heterocycles. The number of nitrogens with one attached hydrogen (secondary N) is 3. The first kappa shape index (κ1) is 25.2. The Balaban J connectivity index is 1.12. The highest BCUT2D eigenvalue weighted by Crippen LogP contribution is 2.64. The van der Waals surface area contributed by atoms with E-state index < -0.39 is 12.1 Å². The van der Waals surface area contributed by atoms with Gasteiger partial charge in [0.2, 0.25) is 17.6 Å². The molecule has 3 amide bonds. The molecule has 2 aliphatic rings. The second kappa shape index (κ2) is 9.30. The van der Waals surface area contributed by atoms with Crippen LogP contribution in [0, 0.1) is 17.3 Å². The van der Waals surface area contributed by atoms with Crippen LogP contribution in [0.15, 0.2) is 54.6 Å². The molecule has 2 fully saturated rings. The van der Waals surface area contributed by atoms with Gasteiger partial charge in [-0.3, -0.25) is 19.2 Å². The van der Waals surface area contributed by atoms with Gasteiger partial charge in [0.1, 0.15) is 11.7 Å². The molecule has 0 spiro atoms. The van der Waals surface area contributed by atoms with E-state index in [9.17, 15) is 19.2 Å². The summed E-state index contributed by atoms with van der Waals surface area (Å²) in [6.45, 7) is 6.05. The number of aromatic amines is 1. The molecule has 0 unspecified atom stereocenters. The predicted octanol–water partition coefficient (Wildman–Crippen LogP) is 3.38. The van der Waals surface area contributed by atoms with Crippen molar-refractivity contribution >= 4 is 56.0 Å². The molecular weight excluding hydrogens is 514 g/mol. The van der Waals surface area contributed by atoms with Crippen molar-refractivity contribution in [3.05, 3.63) is 65.3 Å². The fourth-order valence-electron chi connectivity index (χ4n) is 5.92. The minimum atomic E-state index is -0.794. The number of carbonyl (C=O) groups excluding carboxylic acids is 4. The fraction of sp³-hybridized carbons (Fsp3) is 0.345. The largest absolute Gasteiger partial charge is 0.351 e. The Morgan fingerprint density at radius 2 is 1.87 bits per heavy atom. The summed E-state index contributed by atoms with van der Waals surface area (Å²) in [7, 11) is 0. The third-order valence-electron chi connectivity index (χ3n) is 8.23. The monoisotopic (exact) mass is 543 g/mol. The molecule has 2 aromatic heterocycles. The normalized spacial score (nSPS) is 21.9. The lowest BCUT2D eigenvalue weighted by Gasteiger charge is -2.30. The Kier molecular flexibility index (Phi) is 6.02. The fourth-order valence-corrected chi connectivity index (χ4v) is 6.91. The number of para-hydroxylation sites is 2. The molecule has 39 heavy (non-hydrogen) atoms. The van der Waals surface area contributed by atoms with Gasteiger partial charge in [-0.1, -0.05) is 44.2 Å². The van der Waals surface area contributed by atoms with E-state index in [1.807, 2.05) is 48.5 Å². The average molecular weight is 544 g/mol. The van der Waals surface area contributed by atoms with Crippen LogP contribution in [-0.2, 0) is 9.59 Å². The number of hydrogen-bond acceptors (Lipinski definition) is 6. The van der Waals surface area contributed by atoms with Gasteiger partial charge in [-0.25, -0.2) is 4.98 Å². The molecule has 3 heterocycles. The lowest BCUT2D eigenvalue weighted by Crippen LogP contribution is -2.54. The highest BCUT2D eigenvalue weighted by Gasteiger charge is 2.69. The van der Waals surface area contributed by atoms with Crippen LogP contribution >= 0.6 is 11.3 Å². The Morgan fingerprint density at radius 1 is 1.13 bits per heavy atom. The van der Waals surface area contributed by atoms with E-state index in [4.69, 9.17) is 0 Å². The van der Waals surface area contributed by atoms with Crippen molar-refractivity contribution in [1.29, 1.82) is 0 Å². The Bertz CT molecular complexity index is 1570. The van der Waals surface area contributed by atoms with Gasteiger partial charge in [-0.2, -0.15) is 0 Å². The molecule has 4 aromatic rings. The minimum absolute atomic E-state index is 0.00406. The topological polar surface area (TPSA) is 124 Å². The van der Waals surface area contributed by atoms with E-state index in [-0.39, 0.29) is 47.3 Å². The minimum Gasteiger partial charge on any atom is -0.351 e. The van der Waals surface area contributed by atoms with Gasteiger partial charge in [0, 0.05) is 17.4 Å². The number of rotatable bonds is 7. The van der Waals surface area contributed by atoms with Gasteiger partial charge >= 0.3 is 0 Å². The Labute approximate surface area is 229 Å². The molecule has 9 nitrogen and oxygen atoms in total. The number of hydrogen-bond donors (Lipinski definition) is 3. The number of fused-ring (bicyclic) bond motifs is 3. The van der Waals surface area contributed by atoms with Crippen molar-refractivity contribution in [2.24, 2.45) is 17.3 Å². The van der Waals surface area contributed by atoms with E-state index in [1.54, 1.807) is 17.9 Å². The van der Waals surface area contributed by atoms with Gasteiger partial charge < -0.3 is 20.5 Å². The molecule has 3 N–H and O–H groups in total.